The number of amides is 1. The van der Waals surface area contributed by atoms with Gasteiger partial charge in [-0.1, -0.05) is 12.1 Å². The summed E-state index contributed by atoms with van der Waals surface area (Å²) in [6.45, 7) is 10.5. The molecule has 3 aromatic rings. The van der Waals surface area contributed by atoms with E-state index in [-0.39, 0.29) is 34.4 Å². The number of rotatable bonds is 7. The van der Waals surface area contributed by atoms with Gasteiger partial charge in [-0.05, 0) is 69.0 Å². The highest BCUT2D eigenvalue weighted by atomic mass is 16.5. The minimum atomic E-state index is -0.457. The van der Waals surface area contributed by atoms with Gasteiger partial charge < -0.3 is 28.8 Å². The van der Waals surface area contributed by atoms with E-state index in [1.807, 2.05) is 6.07 Å². The molecule has 1 aliphatic rings. The van der Waals surface area contributed by atoms with E-state index >= 15 is 0 Å². The zero-order chi connectivity index (χ0) is 26.4. The first-order chi connectivity index (χ1) is 16.9. The SMILES string of the molecule is COc1nc(N(C)C)nc(OC)c1NC(=O)c1ccc(Cc2cc3c(cc2C)C(C)(C)OC3(C)C)o1. The molecule has 1 aromatic carbocycles. The molecule has 0 unspecified atom stereocenters. The van der Waals surface area contributed by atoms with Gasteiger partial charge in [-0.15, -0.1) is 0 Å². The zero-order valence-electron chi connectivity index (χ0n) is 22.4. The van der Waals surface area contributed by atoms with Crippen molar-refractivity contribution in [3.63, 3.8) is 0 Å². The molecule has 1 N–H and O–H groups in total. The van der Waals surface area contributed by atoms with Crippen molar-refractivity contribution >= 4 is 17.5 Å². The lowest BCUT2D eigenvalue weighted by molar-refractivity contribution is -0.105. The molecule has 0 saturated heterocycles. The normalized spacial score (nSPS) is 15.4. The Morgan fingerprint density at radius 2 is 1.58 bits per heavy atom. The van der Waals surface area contributed by atoms with Gasteiger partial charge in [0.1, 0.15) is 5.76 Å². The monoisotopic (exact) mass is 494 g/mol. The van der Waals surface area contributed by atoms with Crippen LogP contribution in [0.4, 0.5) is 11.6 Å². The molecule has 0 fully saturated rings. The quantitative estimate of drug-likeness (QED) is 0.500. The predicted molar refractivity (Wildman–Crippen MR) is 137 cm³/mol. The Kier molecular flexibility index (Phi) is 6.47. The molecule has 0 radical (unpaired) electrons. The highest BCUT2D eigenvalue weighted by Gasteiger charge is 2.43. The number of carbonyl (C=O) groups excluding carboxylic acids is 1. The molecular formula is C27H34N4O5. The largest absolute Gasteiger partial charge is 0.479 e. The summed E-state index contributed by atoms with van der Waals surface area (Å²) in [5.74, 6) is 1.15. The maximum absolute atomic E-state index is 13.0. The number of aromatic nitrogens is 2. The fourth-order valence-corrected chi connectivity index (χ4v) is 4.66. The third-order valence-corrected chi connectivity index (χ3v) is 6.39. The Balaban J connectivity index is 1.57. The first-order valence-corrected chi connectivity index (χ1v) is 11.8. The second-order valence-corrected chi connectivity index (χ2v) is 10.2. The lowest BCUT2D eigenvalue weighted by Crippen LogP contribution is -2.22. The standard InChI is InChI=1S/C27H34N4O5/c1-15-12-18-19(27(4,5)36-26(18,2)3)14-16(15)13-17-10-11-20(35-17)22(32)28-21-23(33-8)29-25(31(6)7)30-24(21)34-9/h10-12,14H,13H2,1-9H3,(H,28,32). The summed E-state index contributed by atoms with van der Waals surface area (Å²) >= 11 is 0. The first kappa shape index (κ1) is 25.5. The van der Waals surface area contributed by atoms with Crippen LogP contribution in [0.3, 0.4) is 0 Å². The summed E-state index contributed by atoms with van der Waals surface area (Å²) in [5, 5.41) is 2.76. The minimum Gasteiger partial charge on any atom is -0.479 e. The Morgan fingerprint density at radius 1 is 1.00 bits per heavy atom. The number of ether oxygens (including phenoxy) is 3. The maximum atomic E-state index is 13.0. The number of methoxy groups -OCH3 is 2. The van der Waals surface area contributed by atoms with Gasteiger partial charge in [0.15, 0.2) is 11.4 Å². The van der Waals surface area contributed by atoms with E-state index in [0.29, 0.717) is 18.1 Å². The van der Waals surface area contributed by atoms with Crippen molar-refractivity contribution in [1.82, 2.24) is 9.97 Å². The fraction of sp³-hybridized carbons (Fsp3) is 0.444. The Hall–Kier alpha value is -3.59. The predicted octanol–water partition coefficient (Wildman–Crippen LogP) is 4.80. The molecule has 0 bridgehead atoms. The van der Waals surface area contributed by atoms with Crippen LogP contribution in [0.25, 0.3) is 0 Å². The number of anilines is 2. The Bertz CT molecular complexity index is 1280. The van der Waals surface area contributed by atoms with Crippen LogP contribution < -0.4 is 19.7 Å². The maximum Gasteiger partial charge on any atom is 0.291 e. The van der Waals surface area contributed by atoms with Crippen molar-refractivity contribution in [2.45, 2.75) is 52.2 Å². The molecule has 4 rings (SSSR count). The molecule has 2 aromatic heterocycles. The van der Waals surface area contributed by atoms with E-state index in [4.69, 9.17) is 18.6 Å². The van der Waals surface area contributed by atoms with Gasteiger partial charge in [0.05, 0.1) is 25.4 Å². The number of benzene rings is 1. The number of hydrogen-bond acceptors (Lipinski definition) is 8. The smallest absolute Gasteiger partial charge is 0.291 e. The Morgan fingerprint density at radius 3 is 2.14 bits per heavy atom. The number of hydrogen-bond donors (Lipinski definition) is 1. The molecule has 9 heteroatoms. The van der Waals surface area contributed by atoms with Crippen LogP contribution >= 0.6 is 0 Å². The van der Waals surface area contributed by atoms with E-state index < -0.39 is 5.91 Å². The second kappa shape index (κ2) is 9.13. The summed E-state index contributed by atoms with van der Waals surface area (Å²) in [6.07, 6.45) is 0.552. The summed E-state index contributed by atoms with van der Waals surface area (Å²) in [4.78, 5) is 23.4. The first-order valence-electron chi connectivity index (χ1n) is 11.8. The number of fused-ring (bicyclic) bond motifs is 1. The summed E-state index contributed by atoms with van der Waals surface area (Å²) < 4.78 is 23.0. The third-order valence-electron chi connectivity index (χ3n) is 6.39. The van der Waals surface area contributed by atoms with Gasteiger partial charge >= 0.3 is 0 Å². The molecule has 1 amide bonds. The van der Waals surface area contributed by atoms with Crippen LogP contribution in [0.1, 0.15) is 66.3 Å². The lowest BCUT2D eigenvalue weighted by atomic mass is 9.86. The van der Waals surface area contributed by atoms with Crippen LogP contribution in [0.2, 0.25) is 0 Å². The molecule has 1 aliphatic heterocycles. The summed E-state index contributed by atoms with van der Waals surface area (Å²) in [5.41, 5.74) is 4.18. The fourth-order valence-electron chi connectivity index (χ4n) is 4.66. The highest BCUT2D eigenvalue weighted by Crippen LogP contribution is 2.47. The van der Waals surface area contributed by atoms with Crippen molar-refractivity contribution in [2.24, 2.45) is 0 Å². The number of aryl methyl sites for hydroxylation is 1. The van der Waals surface area contributed by atoms with Gasteiger partial charge in [0.25, 0.3) is 5.91 Å². The van der Waals surface area contributed by atoms with E-state index in [9.17, 15) is 4.79 Å². The summed E-state index contributed by atoms with van der Waals surface area (Å²) in [6, 6.07) is 7.86. The summed E-state index contributed by atoms with van der Waals surface area (Å²) in [7, 11) is 6.53. The van der Waals surface area contributed by atoms with Gasteiger partial charge in [0, 0.05) is 20.5 Å². The van der Waals surface area contributed by atoms with Crippen LogP contribution in [-0.2, 0) is 22.4 Å². The molecule has 0 spiro atoms. The topological polar surface area (TPSA) is 99.0 Å². The van der Waals surface area contributed by atoms with Crippen LogP contribution in [-0.4, -0.2) is 44.2 Å². The van der Waals surface area contributed by atoms with E-state index in [2.05, 4.69) is 62.0 Å². The van der Waals surface area contributed by atoms with Crippen LogP contribution in [0.15, 0.2) is 28.7 Å². The van der Waals surface area contributed by atoms with E-state index in [1.54, 1.807) is 25.1 Å². The van der Waals surface area contributed by atoms with Gasteiger partial charge in [-0.2, -0.15) is 9.97 Å². The number of nitrogens with zero attached hydrogens (tertiary/aromatic N) is 3. The molecule has 9 nitrogen and oxygen atoms in total. The molecule has 0 saturated carbocycles. The molecular weight excluding hydrogens is 460 g/mol. The third kappa shape index (κ3) is 4.63. The van der Waals surface area contributed by atoms with E-state index in [1.165, 1.54) is 25.3 Å². The van der Waals surface area contributed by atoms with Crippen molar-refractivity contribution in [2.75, 3.05) is 38.5 Å². The van der Waals surface area contributed by atoms with Gasteiger partial charge in [-0.25, -0.2) is 0 Å². The van der Waals surface area contributed by atoms with Crippen LogP contribution in [0.5, 0.6) is 11.8 Å². The average molecular weight is 495 g/mol. The van der Waals surface area contributed by atoms with Crippen LogP contribution in [0, 0.1) is 6.92 Å². The minimum absolute atomic E-state index is 0.161. The molecule has 0 atom stereocenters. The van der Waals surface area contributed by atoms with Crippen molar-refractivity contribution in [1.29, 1.82) is 0 Å². The van der Waals surface area contributed by atoms with Gasteiger partial charge in [-0.3, -0.25) is 4.79 Å². The molecule has 192 valence electrons. The van der Waals surface area contributed by atoms with Crippen molar-refractivity contribution in [3.8, 4) is 11.8 Å². The highest BCUT2D eigenvalue weighted by molar-refractivity contribution is 6.03. The second-order valence-electron chi connectivity index (χ2n) is 10.2. The number of nitrogens with one attached hydrogen (secondary N) is 1. The average Bonchev–Trinajstić information content (AvgIpc) is 3.34. The number of carbonyl (C=O) groups is 1. The zero-order valence-corrected chi connectivity index (χ0v) is 22.4. The number of furan rings is 1. The van der Waals surface area contributed by atoms with Gasteiger partial charge in [0.2, 0.25) is 17.7 Å². The van der Waals surface area contributed by atoms with Crippen molar-refractivity contribution < 1.29 is 23.4 Å². The van der Waals surface area contributed by atoms with E-state index in [0.717, 1.165) is 11.1 Å². The molecule has 36 heavy (non-hydrogen) atoms. The Labute approximate surface area is 211 Å². The van der Waals surface area contributed by atoms with Crippen molar-refractivity contribution in [3.05, 3.63) is 58.0 Å². The molecule has 0 aliphatic carbocycles. The molecule has 3 heterocycles. The lowest BCUT2D eigenvalue weighted by Gasteiger charge is -2.24.